The van der Waals surface area contributed by atoms with E-state index in [1.807, 2.05) is 0 Å². The van der Waals surface area contributed by atoms with Crippen LogP contribution in [0.2, 0.25) is 0 Å². The van der Waals surface area contributed by atoms with Gasteiger partial charge in [-0.1, -0.05) is 49.4 Å². The maximum Gasteiger partial charge on any atom is 0.408 e. The van der Waals surface area contributed by atoms with Crippen molar-refractivity contribution in [3.63, 3.8) is 0 Å². The van der Waals surface area contributed by atoms with Gasteiger partial charge in [-0.25, -0.2) is 4.79 Å². The summed E-state index contributed by atoms with van der Waals surface area (Å²) in [7, 11) is 0. The Morgan fingerprint density at radius 3 is 2.20 bits per heavy atom. The highest BCUT2D eigenvalue weighted by Crippen LogP contribution is 2.36. The van der Waals surface area contributed by atoms with Crippen molar-refractivity contribution in [1.82, 2.24) is 15.5 Å². The van der Waals surface area contributed by atoms with E-state index in [2.05, 4.69) is 16.6 Å². The first kappa shape index (κ1) is 30.0. The van der Waals surface area contributed by atoms with Gasteiger partial charge in [0.05, 0.1) is 0 Å². The van der Waals surface area contributed by atoms with E-state index in [4.69, 9.17) is 11.2 Å². The molecule has 0 aliphatic heterocycles. The Kier molecular flexibility index (Phi) is 9.59. The molecular formula is C33H41N3O5. The minimum Gasteiger partial charge on any atom is -0.508 e. The Bertz CT molecular complexity index is 1250. The fourth-order valence-electron chi connectivity index (χ4n) is 5.30. The summed E-state index contributed by atoms with van der Waals surface area (Å²) in [6.45, 7) is 5.27. The van der Waals surface area contributed by atoms with Crippen LogP contribution in [0, 0.1) is 12.3 Å². The molecule has 2 aliphatic carbocycles. The van der Waals surface area contributed by atoms with Crippen molar-refractivity contribution in [3.8, 4) is 18.1 Å². The molecule has 8 heteroatoms. The van der Waals surface area contributed by atoms with Crippen molar-refractivity contribution in [2.24, 2.45) is 0 Å². The smallest absolute Gasteiger partial charge is 0.408 e. The predicted molar refractivity (Wildman–Crippen MR) is 157 cm³/mol. The third-order valence-electron chi connectivity index (χ3n) is 7.43. The van der Waals surface area contributed by atoms with E-state index in [1.54, 1.807) is 62.1 Å². The van der Waals surface area contributed by atoms with Gasteiger partial charge in [0.1, 0.15) is 23.4 Å². The first-order valence-corrected chi connectivity index (χ1v) is 14.5. The molecule has 0 heterocycles. The number of alkyl carbamates (subject to hydrolysis) is 1. The molecule has 2 aromatic carbocycles. The van der Waals surface area contributed by atoms with Gasteiger partial charge >= 0.3 is 6.09 Å². The van der Waals surface area contributed by atoms with E-state index >= 15 is 0 Å². The molecule has 2 unspecified atom stereocenters. The van der Waals surface area contributed by atoms with E-state index in [0.29, 0.717) is 11.1 Å². The van der Waals surface area contributed by atoms with Crippen molar-refractivity contribution in [2.45, 2.75) is 102 Å². The monoisotopic (exact) mass is 559 g/mol. The lowest BCUT2D eigenvalue weighted by Gasteiger charge is -2.36. The Morgan fingerprint density at radius 1 is 1.00 bits per heavy atom. The van der Waals surface area contributed by atoms with Crippen LogP contribution in [0.25, 0.3) is 0 Å². The maximum atomic E-state index is 14.4. The summed E-state index contributed by atoms with van der Waals surface area (Å²) in [6, 6.07) is 11.7. The summed E-state index contributed by atoms with van der Waals surface area (Å²) < 4.78 is 5.49. The summed E-state index contributed by atoms with van der Waals surface area (Å²) in [5, 5.41) is 15.7. The van der Waals surface area contributed by atoms with Crippen molar-refractivity contribution < 1.29 is 24.2 Å². The second kappa shape index (κ2) is 13.1. The molecule has 2 atom stereocenters. The molecule has 0 aromatic heterocycles. The molecule has 218 valence electrons. The SMILES string of the molecule is C#Cc1ccc(C(C(=O)NC2CCCCC2)N(C(=O)C(Cc2ccc(O)cc2)NC(=O)OC(C)(C)C)C2CC2)cc1. The molecule has 3 amide bonds. The molecule has 8 nitrogen and oxygen atoms in total. The van der Waals surface area contributed by atoms with Gasteiger partial charge in [-0.15, -0.1) is 6.42 Å². The summed E-state index contributed by atoms with van der Waals surface area (Å²) >= 11 is 0. The van der Waals surface area contributed by atoms with Gasteiger partial charge in [0, 0.05) is 24.1 Å². The van der Waals surface area contributed by atoms with E-state index in [9.17, 15) is 19.5 Å². The topological polar surface area (TPSA) is 108 Å². The number of benzene rings is 2. The molecule has 0 saturated heterocycles. The Balaban J connectivity index is 1.68. The van der Waals surface area contributed by atoms with Crippen molar-refractivity contribution >= 4 is 17.9 Å². The van der Waals surface area contributed by atoms with E-state index in [0.717, 1.165) is 50.5 Å². The number of rotatable bonds is 9. The summed E-state index contributed by atoms with van der Waals surface area (Å²) in [5.41, 5.74) is 1.34. The van der Waals surface area contributed by atoms with Crippen LogP contribution < -0.4 is 10.6 Å². The molecular weight excluding hydrogens is 518 g/mol. The summed E-state index contributed by atoms with van der Waals surface area (Å²) in [6.07, 6.45) is 11.7. The highest BCUT2D eigenvalue weighted by molar-refractivity contribution is 5.93. The molecule has 2 aromatic rings. The average Bonchev–Trinajstić information content (AvgIpc) is 3.77. The molecule has 2 aliphatic rings. The van der Waals surface area contributed by atoms with Crippen molar-refractivity contribution in [1.29, 1.82) is 0 Å². The first-order valence-electron chi connectivity index (χ1n) is 14.5. The molecule has 4 rings (SSSR count). The molecule has 2 fully saturated rings. The van der Waals surface area contributed by atoms with Crippen LogP contribution in [0.1, 0.15) is 88.4 Å². The average molecular weight is 560 g/mol. The fraction of sp³-hybridized carbons (Fsp3) is 0.485. The first-order chi connectivity index (χ1) is 19.5. The number of amides is 3. The third-order valence-corrected chi connectivity index (χ3v) is 7.43. The number of carbonyl (C=O) groups excluding carboxylic acids is 3. The standard InChI is InChI=1S/C33H41N3O5/c1-5-22-11-15-24(16-12-22)29(30(38)34-25-9-7-6-8-10-25)36(26-17-18-26)31(39)28(35-32(40)41-33(2,3)4)21-23-13-19-27(37)20-14-23/h1,11-16,19-20,25-26,28-29,37H,6-10,17-18,21H2,2-4H3,(H,34,38)(H,35,40). The zero-order chi connectivity index (χ0) is 29.6. The number of phenols is 1. The molecule has 3 N–H and O–H groups in total. The van der Waals surface area contributed by atoms with Gasteiger partial charge < -0.3 is 25.4 Å². The number of nitrogens with one attached hydrogen (secondary N) is 2. The fourth-order valence-corrected chi connectivity index (χ4v) is 5.30. The van der Waals surface area contributed by atoms with Gasteiger partial charge in [-0.05, 0) is 81.8 Å². The minimum atomic E-state index is -0.995. The zero-order valence-electron chi connectivity index (χ0n) is 24.2. The van der Waals surface area contributed by atoms with E-state index in [1.165, 1.54) is 12.1 Å². The number of phenolic OH excluding ortho intramolecular Hbond substituents is 1. The molecule has 0 bridgehead atoms. The Morgan fingerprint density at radius 2 is 1.63 bits per heavy atom. The van der Waals surface area contributed by atoms with Crippen LogP contribution in [0.5, 0.6) is 5.75 Å². The van der Waals surface area contributed by atoms with Crippen LogP contribution in [-0.4, -0.2) is 51.6 Å². The van der Waals surface area contributed by atoms with Crippen LogP contribution in [0.4, 0.5) is 4.79 Å². The lowest BCUT2D eigenvalue weighted by atomic mass is 9.94. The summed E-state index contributed by atoms with van der Waals surface area (Å²) in [4.78, 5) is 42.9. The molecule has 2 saturated carbocycles. The molecule has 0 radical (unpaired) electrons. The van der Waals surface area contributed by atoms with Gasteiger partial charge in [0.2, 0.25) is 11.8 Å². The third kappa shape index (κ3) is 8.50. The van der Waals surface area contributed by atoms with Crippen molar-refractivity contribution in [2.75, 3.05) is 0 Å². The normalized spacial score (nSPS) is 17.0. The van der Waals surface area contributed by atoms with Crippen LogP contribution >= 0.6 is 0 Å². The van der Waals surface area contributed by atoms with E-state index < -0.39 is 23.8 Å². The predicted octanol–water partition coefficient (Wildman–Crippen LogP) is 4.99. The minimum absolute atomic E-state index is 0.0626. The second-order valence-corrected chi connectivity index (χ2v) is 12.1. The van der Waals surface area contributed by atoms with Gasteiger partial charge in [-0.3, -0.25) is 9.59 Å². The Labute approximate surface area is 242 Å². The van der Waals surface area contributed by atoms with Crippen LogP contribution in [0.15, 0.2) is 48.5 Å². The van der Waals surface area contributed by atoms with Gasteiger partial charge in [0.15, 0.2) is 0 Å². The van der Waals surface area contributed by atoms with Gasteiger partial charge in [0.25, 0.3) is 0 Å². The zero-order valence-corrected chi connectivity index (χ0v) is 24.2. The largest absolute Gasteiger partial charge is 0.508 e. The second-order valence-electron chi connectivity index (χ2n) is 12.1. The number of ether oxygens (including phenoxy) is 1. The quantitative estimate of drug-likeness (QED) is 0.375. The number of terminal acetylenes is 1. The lowest BCUT2D eigenvalue weighted by molar-refractivity contribution is -0.143. The van der Waals surface area contributed by atoms with Crippen molar-refractivity contribution in [3.05, 3.63) is 65.2 Å². The van der Waals surface area contributed by atoms with E-state index in [-0.39, 0.29) is 36.1 Å². The highest BCUT2D eigenvalue weighted by Gasteiger charge is 2.44. The number of aromatic hydroxyl groups is 1. The Hall–Kier alpha value is -3.99. The number of hydrogen-bond donors (Lipinski definition) is 3. The molecule has 41 heavy (non-hydrogen) atoms. The van der Waals surface area contributed by atoms with Crippen LogP contribution in [0.3, 0.4) is 0 Å². The number of carbonyl (C=O) groups is 3. The number of hydrogen-bond acceptors (Lipinski definition) is 5. The number of nitrogens with zero attached hydrogens (tertiary/aromatic N) is 1. The van der Waals surface area contributed by atoms with Gasteiger partial charge in [-0.2, -0.15) is 0 Å². The lowest BCUT2D eigenvalue weighted by Crippen LogP contribution is -2.55. The summed E-state index contributed by atoms with van der Waals surface area (Å²) in [5.74, 6) is 2.11. The van der Waals surface area contributed by atoms with Crippen LogP contribution in [-0.2, 0) is 20.7 Å². The highest BCUT2D eigenvalue weighted by atomic mass is 16.6. The molecule has 0 spiro atoms. The maximum absolute atomic E-state index is 14.4.